The maximum absolute atomic E-state index is 12.1. The molecule has 1 aromatic rings. The van der Waals surface area contributed by atoms with Crippen molar-refractivity contribution < 1.29 is 29.2 Å². The second kappa shape index (κ2) is 7.51. The second-order valence-electron chi connectivity index (χ2n) is 5.02. The zero-order chi connectivity index (χ0) is 16.1. The van der Waals surface area contributed by atoms with Crippen molar-refractivity contribution in [2.24, 2.45) is 0 Å². The topological polar surface area (TPSA) is 85.2 Å². The molecule has 0 unspecified atom stereocenters. The summed E-state index contributed by atoms with van der Waals surface area (Å²) in [6, 6.07) is 8.51. The lowest BCUT2D eigenvalue weighted by atomic mass is 10.0. The number of carbonyl (C=O) groups is 1. The number of rotatable bonds is 6. The summed E-state index contributed by atoms with van der Waals surface area (Å²) in [7, 11) is 1.36. The summed E-state index contributed by atoms with van der Waals surface area (Å²) in [5.74, 6) is -0.529. The number of methoxy groups -OCH3 is 1. The summed E-state index contributed by atoms with van der Waals surface area (Å²) >= 11 is 0. The van der Waals surface area contributed by atoms with Gasteiger partial charge in [-0.1, -0.05) is 24.3 Å². The number of hydrogen-bond donors (Lipinski definition) is 2. The molecule has 6 nitrogen and oxygen atoms in total. The molecule has 1 saturated heterocycles. The Bertz CT molecular complexity index is 503. The van der Waals surface area contributed by atoms with E-state index >= 15 is 0 Å². The fourth-order valence-electron chi connectivity index (χ4n) is 2.37. The molecule has 0 aliphatic carbocycles. The van der Waals surface area contributed by atoms with E-state index in [2.05, 4.69) is 6.58 Å². The monoisotopic (exact) mass is 308 g/mol. The summed E-state index contributed by atoms with van der Waals surface area (Å²) in [5.41, 5.74) is 0.396. The smallest absolute Gasteiger partial charge is 0.338 e. The molecule has 1 aromatic carbocycles. The molecule has 0 radical (unpaired) electrons. The van der Waals surface area contributed by atoms with E-state index < -0.39 is 36.7 Å². The zero-order valence-corrected chi connectivity index (χ0v) is 12.3. The number of esters is 1. The highest BCUT2D eigenvalue weighted by atomic mass is 16.7. The van der Waals surface area contributed by atoms with Gasteiger partial charge in [-0.25, -0.2) is 4.79 Å². The summed E-state index contributed by atoms with van der Waals surface area (Å²) in [6.07, 6.45) is -3.17. The minimum Gasteiger partial charge on any atom is -0.456 e. The molecule has 1 aliphatic heterocycles. The maximum atomic E-state index is 12.1. The highest BCUT2D eigenvalue weighted by molar-refractivity contribution is 5.89. The molecule has 1 aliphatic rings. The predicted molar refractivity (Wildman–Crippen MR) is 78.1 cm³/mol. The maximum Gasteiger partial charge on any atom is 0.338 e. The molecule has 1 heterocycles. The number of ether oxygens (including phenoxy) is 3. The van der Waals surface area contributed by atoms with Crippen LogP contribution in [0.5, 0.6) is 0 Å². The first-order valence-corrected chi connectivity index (χ1v) is 6.99. The molecule has 1 fully saturated rings. The molecule has 5 atom stereocenters. The molecular weight excluding hydrogens is 288 g/mol. The number of aliphatic hydroxyl groups is 2. The summed E-state index contributed by atoms with van der Waals surface area (Å²) in [5, 5.41) is 19.9. The van der Waals surface area contributed by atoms with Crippen molar-refractivity contribution in [1.82, 2.24) is 0 Å². The standard InChI is InChI=1S/C16H20O6/c1-3-7-11(14-12(17)13(18)16(20-2)22-14)21-15(19)10-8-5-4-6-9-10/h3-6,8-9,11-14,16-18H,1,7H2,2H3/t11-,12+,13-,14-,16-/m1/s1. The van der Waals surface area contributed by atoms with Gasteiger partial charge in [-0.15, -0.1) is 6.58 Å². The van der Waals surface area contributed by atoms with Crippen LogP contribution in [0.25, 0.3) is 0 Å². The van der Waals surface area contributed by atoms with Crippen LogP contribution in [-0.4, -0.2) is 54.0 Å². The number of benzene rings is 1. The van der Waals surface area contributed by atoms with Crippen LogP contribution in [0.4, 0.5) is 0 Å². The fraction of sp³-hybridized carbons (Fsp3) is 0.438. The van der Waals surface area contributed by atoms with E-state index in [1.807, 2.05) is 0 Å². The van der Waals surface area contributed by atoms with E-state index in [0.717, 1.165) is 0 Å². The lowest BCUT2D eigenvalue weighted by Gasteiger charge is -2.24. The van der Waals surface area contributed by atoms with Gasteiger partial charge in [0.15, 0.2) is 6.29 Å². The highest BCUT2D eigenvalue weighted by Gasteiger charge is 2.47. The lowest BCUT2D eigenvalue weighted by molar-refractivity contribution is -0.163. The number of carbonyl (C=O) groups excluding carboxylic acids is 1. The first-order valence-electron chi connectivity index (χ1n) is 6.99. The molecule has 2 rings (SSSR count). The molecule has 120 valence electrons. The van der Waals surface area contributed by atoms with E-state index in [1.54, 1.807) is 36.4 Å². The molecule has 2 N–H and O–H groups in total. The molecule has 0 bridgehead atoms. The Balaban J connectivity index is 2.10. The minimum absolute atomic E-state index is 0.281. The third-order valence-electron chi connectivity index (χ3n) is 3.52. The van der Waals surface area contributed by atoms with Gasteiger partial charge in [-0.3, -0.25) is 0 Å². The van der Waals surface area contributed by atoms with Gasteiger partial charge in [0.25, 0.3) is 0 Å². The average Bonchev–Trinajstić information content (AvgIpc) is 2.83. The Kier molecular flexibility index (Phi) is 5.68. The molecule has 0 spiro atoms. The fourth-order valence-corrected chi connectivity index (χ4v) is 2.37. The molecule has 0 aromatic heterocycles. The van der Waals surface area contributed by atoms with Crippen molar-refractivity contribution in [2.45, 2.75) is 37.1 Å². The van der Waals surface area contributed by atoms with E-state index in [0.29, 0.717) is 5.56 Å². The van der Waals surface area contributed by atoms with E-state index in [4.69, 9.17) is 14.2 Å². The second-order valence-corrected chi connectivity index (χ2v) is 5.02. The van der Waals surface area contributed by atoms with E-state index in [1.165, 1.54) is 7.11 Å². The van der Waals surface area contributed by atoms with Crippen molar-refractivity contribution in [2.75, 3.05) is 7.11 Å². The van der Waals surface area contributed by atoms with E-state index in [9.17, 15) is 15.0 Å². The first kappa shape index (κ1) is 16.6. The normalized spacial score (nSPS) is 29.0. The van der Waals surface area contributed by atoms with Crippen LogP contribution in [-0.2, 0) is 14.2 Å². The van der Waals surface area contributed by atoms with Crippen LogP contribution in [0.1, 0.15) is 16.8 Å². The predicted octanol–water partition coefficient (Wildman–Crippen LogP) is 0.881. The number of aliphatic hydroxyl groups excluding tert-OH is 2. The summed E-state index contributed by atoms with van der Waals surface area (Å²) in [4.78, 5) is 12.1. The molecule has 0 amide bonds. The molecular formula is C16H20O6. The van der Waals surface area contributed by atoms with Crippen LogP contribution in [0.3, 0.4) is 0 Å². The van der Waals surface area contributed by atoms with E-state index in [-0.39, 0.29) is 6.42 Å². The Morgan fingerprint density at radius 2 is 2.05 bits per heavy atom. The largest absolute Gasteiger partial charge is 0.456 e. The van der Waals surface area contributed by atoms with Crippen molar-refractivity contribution >= 4 is 5.97 Å². The van der Waals surface area contributed by atoms with Crippen molar-refractivity contribution in [1.29, 1.82) is 0 Å². The van der Waals surface area contributed by atoms with Crippen LogP contribution >= 0.6 is 0 Å². The third-order valence-corrected chi connectivity index (χ3v) is 3.52. The van der Waals surface area contributed by atoms with Crippen LogP contribution in [0.2, 0.25) is 0 Å². The number of hydrogen-bond acceptors (Lipinski definition) is 6. The Morgan fingerprint density at radius 1 is 1.36 bits per heavy atom. The van der Waals surface area contributed by atoms with Crippen LogP contribution in [0, 0.1) is 0 Å². The van der Waals surface area contributed by atoms with Crippen LogP contribution in [0.15, 0.2) is 43.0 Å². The van der Waals surface area contributed by atoms with Gasteiger partial charge >= 0.3 is 5.97 Å². The Morgan fingerprint density at radius 3 is 2.59 bits per heavy atom. The minimum atomic E-state index is -1.21. The SMILES string of the molecule is C=CC[C@@H](OC(=O)c1ccccc1)[C@H]1O[C@@H](OC)[C@H](O)[C@@H]1O. The van der Waals surface area contributed by atoms with Gasteiger partial charge in [0.2, 0.25) is 0 Å². The average molecular weight is 308 g/mol. The molecule has 22 heavy (non-hydrogen) atoms. The Labute approximate surface area is 128 Å². The van der Waals surface area contributed by atoms with Gasteiger partial charge in [0.05, 0.1) is 5.56 Å². The van der Waals surface area contributed by atoms with Crippen molar-refractivity contribution in [3.05, 3.63) is 48.6 Å². The highest BCUT2D eigenvalue weighted by Crippen LogP contribution is 2.27. The van der Waals surface area contributed by atoms with Crippen molar-refractivity contribution in [3.63, 3.8) is 0 Å². The third kappa shape index (κ3) is 3.53. The van der Waals surface area contributed by atoms with Crippen LogP contribution < -0.4 is 0 Å². The van der Waals surface area contributed by atoms with Gasteiger partial charge in [-0.05, 0) is 12.1 Å². The van der Waals surface area contributed by atoms with Crippen molar-refractivity contribution in [3.8, 4) is 0 Å². The lowest BCUT2D eigenvalue weighted by Crippen LogP contribution is -2.41. The van der Waals surface area contributed by atoms with Gasteiger partial charge in [-0.2, -0.15) is 0 Å². The molecule has 6 heteroatoms. The quantitative estimate of drug-likeness (QED) is 0.599. The summed E-state index contributed by atoms with van der Waals surface area (Å²) in [6.45, 7) is 3.61. The molecule has 0 saturated carbocycles. The summed E-state index contributed by atoms with van der Waals surface area (Å²) < 4.78 is 15.8. The Hall–Kier alpha value is -1.73. The van der Waals surface area contributed by atoms with Gasteiger partial charge < -0.3 is 24.4 Å². The van der Waals surface area contributed by atoms with Gasteiger partial charge in [0, 0.05) is 13.5 Å². The zero-order valence-electron chi connectivity index (χ0n) is 12.3. The first-order chi connectivity index (χ1) is 10.6. The van der Waals surface area contributed by atoms with Gasteiger partial charge in [0.1, 0.15) is 24.4 Å².